The van der Waals surface area contributed by atoms with Gasteiger partial charge in [-0.2, -0.15) is 0 Å². The van der Waals surface area contributed by atoms with Crippen LogP contribution in [0.4, 0.5) is 8.78 Å². The quantitative estimate of drug-likeness (QED) is 0.189. The van der Waals surface area contributed by atoms with Gasteiger partial charge in [0.25, 0.3) is 17.7 Å². The Morgan fingerprint density at radius 1 is 0.886 bits per heavy atom. The molecule has 3 rings (SSSR count). The summed E-state index contributed by atoms with van der Waals surface area (Å²) in [5.41, 5.74) is 3.92. The zero-order chi connectivity index (χ0) is 32.2. The van der Waals surface area contributed by atoms with Crippen LogP contribution in [-0.4, -0.2) is 71.6 Å². The molecule has 0 aliphatic carbocycles. The molecule has 3 amide bonds. The minimum absolute atomic E-state index is 0.0881. The van der Waals surface area contributed by atoms with Crippen molar-refractivity contribution in [3.8, 4) is 12.3 Å². The lowest BCUT2D eigenvalue weighted by molar-refractivity contribution is 0.0541. The molecule has 0 aliphatic rings. The number of nitrogens with one attached hydrogen (secondary N) is 2. The van der Waals surface area contributed by atoms with Crippen molar-refractivity contribution in [2.24, 2.45) is 0 Å². The Bertz CT molecular complexity index is 1470. The summed E-state index contributed by atoms with van der Waals surface area (Å²) in [6.07, 6.45) is 5.72. The lowest BCUT2D eigenvalue weighted by Crippen LogP contribution is -2.52. The fraction of sp³-hybridized carbons (Fsp3) is 0.324. The van der Waals surface area contributed by atoms with E-state index in [0.29, 0.717) is 24.2 Å². The van der Waals surface area contributed by atoms with Crippen LogP contribution in [0, 0.1) is 24.0 Å². The van der Waals surface area contributed by atoms with Gasteiger partial charge in [-0.1, -0.05) is 38.0 Å². The third-order valence-corrected chi connectivity index (χ3v) is 6.83. The molecule has 0 saturated carbocycles. The number of terminal acetylenes is 1. The van der Waals surface area contributed by atoms with Crippen molar-refractivity contribution >= 4 is 17.7 Å². The summed E-state index contributed by atoms with van der Waals surface area (Å²) in [6, 6.07) is 14.8. The van der Waals surface area contributed by atoms with Crippen molar-refractivity contribution in [2.45, 2.75) is 45.3 Å². The van der Waals surface area contributed by atoms with E-state index in [1.807, 2.05) is 13.8 Å². The van der Waals surface area contributed by atoms with Crippen molar-refractivity contribution in [3.05, 3.63) is 106 Å². The van der Waals surface area contributed by atoms with E-state index >= 15 is 0 Å². The first kappa shape index (κ1) is 33.9. The van der Waals surface area contributed by atoms with Gasteiger partial charge in [0, 0.05) is 55.0 Å². The monoisotopic (exact) mass is 604 g/mol. The van der Waals surface area contributed by atoms with Crippen LogP contribution < -0.4 is 10.7 Å². The number of aliphatic hydroxyl groups is 1. The molecule has 3 N–H and O–H groups in total. The van der Waals surface area contributed by atoms with Crippen molar-refractivity contribution < 1.29 is 28.3 Å². The molecule has 0 radical (unpaired) electrons. The van der Waals surface area contributed by atoms with Gasteiger partial charge in [-0.3, -0.25) is 19.8 Å². The van der Waals surface area contributed by atoms with Crippen LogP contribution in [0.1, 0.15) is 68.9 Å². The maximum Gasteiger partial charge on any atom is 0.265 e. The summed E-state index contributed by atoms with van der Waals surface area (Å²) >= 11 is 0. The Labute approximate surface area is 257 Å². The minimum Gasteiger partial charge on any atom is -0.390 e. The first-order valence-electron chi connectivity index (χ1n) is 14.5. The molecule has 2 unspecified atom stereocenters. The van der Waals surface area contributed by atoms with Crippen LogP contribution in [0.15, 0.2) is 66.7 Å². The number of nitrogens with zero attached hydrogens (tertiary/aromatic N) is 2. The van der Waals surface area contributed by atoms with Crippen LogP contribution in [0.25, 0.3) is 0 Å². The van der Waals surface area contributed by atoms with Crippen LogP contribution in [0.2, 0.25) is 0 Å². The standard InChI is InChI=1S/C34H38F2N4O4/c1-5-13-40(14-6-2)34(44)27-16-23(7-3)15-26(20-27)32(42)37-30(19-24-17-28(35)21-29(36)18-24)31(41)22-39(4)38-33(43)25-11-9-8-10-12-25/h3,8-12,15-18,20-21,30-31,41H,5-6,13-14,19,22H2,1-2,4H3,(H,37,42)(H,38,43). The Kier molecular flexibility index (Phi) is 12.6. The molecule has 0 bridgehead atoms. The largest absolute Gasteiger partial charge is 0.390 e. The van der Waals surface area contributed by atoms with E-state index in [1.54, 1.807) is 41.3 Å². The van der Waals surface area contributed by atoms with E-state index in [4.69, 9.17) is 6.42 Å². The molecule has 2 atom stereocenters. The fourth-order valence-corrected chi connectivity index (χ4v) is 4.80. The summed E-state index contributed by atoms with van der Waals surface area (Å²) in [6.45, 7) is 4.88. The number of hydrogen-bond acceptors (Lipinski definition) is 5. The van der Waals surface area contributed by atoms with Gasteiger partial charge in [-0.25, -0.2) is 13.8 Å². The summed E-state index contributed by atoms with van der Waals surface area (Å²) in [5.74, 6) is -0.449. The van der Waals surface area contributed by atoms with E-state index in [0.717, 1.165) is 31.0 Å². The highest BCUT2D eigenvalue weighted by Gasteiger charge is 2.26. The number of amides is 3. The number of aliphatic hydroxyl groups excluding tert-OH is 1. The average Bonchev–Trinajstić information content (AvgIpc) is 2.99. The smallest absolute Gasteiger partial charge is 0.265 e. The highest BCUT2D eigenvalue weighted by atomic mass is 19.1. The predicted molar refractivity (Wildman–Crippen MR) is 165 cm³/mol. The van der Waals surface area contributed by atoms with Crippen LogP contribution in [0.3, 0.4) is 0 Å². The van der Waals surface area contributed by atoms with Crippen molar-refractivity contribution in [2.75, 3.05) is 26.7 Å². The zero-order valence-corrected chi connectivity index (χ0v) is 25.1. The Balaban J connectivity index is 1.86. The molecule has 0 fully saturated rings. The number of rotatable bonds is 14. The Morgan fingerprint density at radius 3 is 2.09 bits per heavy atom. The number of benzene rings is 3. The van der Waals surface area contributed by atoms with E-state index in [9.17, 15) is 28.3 Å². The highest BCUT2D eigenvalue weighted by Crippen LogP contribution is 2.16. The molecular weight excluding hydrogens is 566 g/mol. The predicted octanol–water partition coefficient (Wildman–Crippen LogP) is 4.19. The lowest BCUT2D eigenvalue weighted by Gasteiger charge is -2.28. The number of carbonyl (C=O) groups is 3. The third-order valence-electron chi connectivity index (χ3n) is 6.83. The van der Waals surface area contributed by atoms with Crippen LogP contribution >= 0.6 is 0 Å². The summed E-state index contributed by atoms with van der Waals surface area (Å²) in [5, 5.41) is 15.3. The van der Waals surface area contributed by atoms with Crippen molar-refractivity contribution in [3.63, 3.8) is 0 Å². The van der Waals surface area contributed by atoms with Crippen molar-refractivity contribution in [1.29, 1.82) is 0 Å². The maximum absolute atomic E-state index is 14.0. The number of halogens is 2. The molecule has 3 aromatic rings. The fourth-order valence-electron chi connectivity index (χ4n) is 4.80. The average molecular weight is 605 g/mol. The van der Waals surface area contributed by atoms with Gasteiger partial charge < -0.3 is 15.3 Å². The number of hydrazine groups is 1. The first-order valence-corrected chi connectivity index (χ1v) is 14.5. The first-order chi connectivity index (χ1) is 21.0. The molecule has 0 spiro atoms. The molecule has 44 heavy (non-hydrogen) atoms. The molecule has 0 aliphatic heterocycles. The van der Waals surface area contributed by atoms with Gasteiger partial charge in [0.05, 0.1) is 12.1 Å². The van der Waals surface area contributed by atoms with Crippen LogP contribution in [0.5, 0.6) is 0 Å². The second-order valence-corrected chi connectivity index (χ2v) is 10.6. The van der Waals surface area contributed by atoms with E-state index < -0.39 is 35.6 Å². The van der Waals surface area contributed by atoms with Gasteiger partial charge in [-0.15, -0.1) is 6.42 Å². The molecule has 0 heterocycles. The summed E-state index contributed by atoms with van der Waals surface area (Å²) < 4.78 is 28.0. The van der Waals surface area contributed by atoms with Gasteiger partial charge in [0.1, 0.15) is 11.6 Å². The van der Waals surface area contributed by atoms with E-state index in [-0.39, 0.29) is 35.6 Å². The molecule has 0 saturated heterocycles. The summed E-state index contributed by atoms with van der Waals surface area (Å²) in [4.78, 5) is 41.1. The SMILES string of the molecule is C#Cc1cc(C(=O)NC(Cc2cc(F)cc(F)c2)C(O)CN(C)NC(=O)c2ccccc2)cc(C(=O)N(CCC)CCC)c1. The number of hydrogen-bond donors (Lipinski definition) is 3. The Hall–Kier alpha value is -4.59. The number of likely N-dealkylation sites (N-methyl/N-ethyl adjacent to an activating group) is 1. The van der Waals surface area contributed by atoms with Gasteiger partial charge >= 0.3 is 0 Å². The maximum atomic E-state index is 14.0. The van der Waals surface area contributed by atoms with Crippen molar-refractivity contribution in [1.82, 2.24) is 20.7 Å². The van der Waals surface area contributed by atoms with Crippen LogP contribution in [-0.2, 0) is 6.42 Å². The molecule has 10 heteroatoms. The normalized spacial score (nSPS) is 12.2. The lowest BCUT2D eigenvalue weighted by atomic mass is 9.99. The third kappa shape index (κ3) is 9.73. The topological polar surface area (TPSA) is 102 Å². The number of carbonyl (C=O) groups excluding carboxylic acids is 3. The molecule has 0 aromatic heterocycles. The second kappa shape index (κ2) is 16.3. The molecule has 8 nitrogen and oxygen atoms in total. The minimum atomic E-state index is -1.30. The summed E-state index contributed by atoms with van der Waals surface area (Å²) in [7, 11) is 1.54. The Morgan fingerprint density at radius 2 is 1.50 bits per heavy atom. The molecule has 232 valence electrons. The van der Waals surface area contributed by atoms with E-state index in [2.05, 4.69) is 16.7 Å². The second-order valence-electron chi connectivity index (χ2n) is 10.6. The molecular formula is C34H38F2N4O4. The highest BCUT2D eigenvalue weighted by molar-refractivity contribution is 6.00. The van der Waals surface area contributed by atoms with Gasteiger partial charge in [0.2, 0.25) is 0 Å². The van der Waals surface area contributed by atoms with Gasteiger partial charge in [0.15, 0.2) is 0 Å². The van der Waals surface area contributed by atoms with E-state index in [1.165, 1.54) is 24.2 Å². The zero-order valence-electron chi connectivity index (χ0n) is 25.1. The molecule has 3 aromatic carbocycles. The van der Waals surface area contributed by atoms with Gasteiger partial charge in [-0.05, 0) is 67.3 Å².